The van der Waals surface area contributed by atoms with Gasteiger partial charge in [-0.15, -0.1) is 21.5 Å². The van der Waals surface area contributed by atoms with Crippen molar-refractivity contribution in [3.8, 4) is 11.6 Å². The fraction of sp³-hybridized carbons (Fsp3) is 0.455. The van der Waals surface area contributed by atoms with Gasteiger partial charge in [0, 0.05) is 11.4 Å². The SMILES string of the molecule is CCOC(=O)c1c(NC(=O)CSc2nnc(-c3ccco3)n2CC)sc2c1CCC(C)C2. The highest BCUT2D eigenvalue weighted by Crippen LogP contribution is 2.40. The van der Waals surface area contributed by atoms with Gasteiger partial charge in [-0.05, 0) is 56.7 Å². The summed E-state index contributed by atoms with van der Waals surface area (Å²) in [7, 11) is 0. The van der Waals surface area contributed by atoms with Gasteiger partial charge in [-0.3, -0.25) is 9.36 Å². The summed E-state index contributed by atoms with van der Waals surface area (Å²) < 4.78 is 12.6. The second kappa shape index (κ2) is 9.91. The third kappa shape index (κ3) is 4.61. The third-order valence-corrected chi connectivity index (χ3v) is 7.49. The molecule has 0 radical (unpaired) electrons. The number of anilines is 1. The van der Waals surface area contributed by atoms with Crippen molar-refractivity contribution in [3.05, 3.63) is 34.4 Å². The molecule has 3 heterocycles. The van der Waals surface area contributed by atoms with E-state index < -0.39 is 0 Å². The van der Waals surface area contributed by atoms with Crippen molar-refractivity contribution in [1.29, 1.82) is 0 Å². The van der Waals surface area contributed by atoms with Gasteiger partial charge in [0.15, 0.2) is 16.7 Å². The molecule has 1 aliphatic rings. The molecule has 170 valence electrons. The number of nitrogens with zero attached hydrogens (tertiary/aromatic N) is 3. The average Bonchev–Trinajstić information content (AvgIpc) is 3.49. The van der Waals surface area contributed by atoms with E-state index in [2.05, 4.69) is 22.4 Å². The highest BCUT2D eigenvalue weighted by Gasteiger charge is 2.29. The number of esters is 1. The van der Waals surface area contributed by atoms with Gasteiger partial charge in [0.05, 0.1) is 24.2 Å². The molecule has 1 amide bonds. The topological polar surface area (TPSA) is 99.2 Å². The summed E-state index contributed by atoms with van der Waals surface area (Å²) in [5.41, 5.74) is 1.55. The van der Waals surface area contributed by atoms with E-state index in [1.54, 1.807) is 19.3 Å². The molecule has 1 unspecified atom stereocenters. The van der Waals surface area contributed by atoms with Crippen molar-refractivity contribution in [2.24, 2.45) is 5.92 Å². The van der Waals surface area contributed by atoms with Crippen LogP contribution < -0.4 is 5.32 Å². The van der Waals surface area contributed by atoms with E-state index in [9.17, 15) is 9.59 Å². The van der Waals surface area contributed by atoms with E-state index in [0.29, 0.717) is 46.4 Å². The Hall–Kier alpha value is -2.59. The number of ether oxygens (including phenoxy) is 1. The Balaban J connectivity index is 1.49. The molecular formula is C22H26N4O4S2. The third-order valence-electron chi connectivity index (χ3n) is 5.35. The maximum absolute atomic E-state index is 12.8. The Bertz CT molecular complexity index is 1100. The molecule has 3 aromatic heterocycles. The quantitative estimate of drug-likeness (QED) is 0.375. The molecule has 0 aromatic carbocycles. The zero-order valence-electron chi connectivity index (χ0n) is 18.3. The van der Waals surface area contributed by atoms with E-state index in [-0.39, 0.29) is 17.6 Å². The minimum absolute atomic E-state index is 0.150. The van der Waals surface area contributed by atoms with Crippen LogP contribution in [0.25, 0.3) is 11.6 Å². The second-order valence-corrected chi connectivity index (χ2v) is 9.69. The van der Waals surface area contributed by atoms with Gasteiger partial charge in [0.2, 0.25) is 5.91 Å². The molecule has 32 heavy (non-hydrogen) atoms. The van der Waals surface area contributed by atoms with Crippen LogP contribution in [0, 0.1) is 5.92 Å². The first-order valence-electron chi connectivity index (χ1n) is 10.7. The summed E-state index contributed by atoms with van der Waals surface area (Å²) in [4.78, 5) is 26.6. The number of carbonyl (C=O) groups excluding carboxylic acids is 2. The monoisotopic (exact) mass is 474 g/mol. The van der Waals surface area contributed by atoms with Gasteiger partial charge in [0.25, 0.3) is 0 Å². The van der Waals surface area contributed by atoms with Gasteiger partial charge in [-0.2, -0.15) is 0 Å². The van der Waals surface area contributed by atoms with Crippen molar-refractivity contribution in [2.75, 3.05) is 17.7 Å². The van der Waals surface area contributed by atoms with Crippen molar-refractivity contribution in [3.63, 3.8) is 0 Å². The number of nitrogens with one attached hydrogen (secondary N) is 1. The van der Waals surface area contributed by atoms with Crippen LogP contribution in [0.2, 0.25) is 0 Å². The summed E-state index contributed by atoms with van der Waals surface area (Å²) in [6.07, 6.45) is 4.38. The number of thiophene rings is 1. The molecule has 1 atom stereocenters. The molecule has 3 aromatic rings. The first-order valence-corrected chi connectivity index (χ1v) is 12.5. The minimum atomic E-state index is -0.365. The average molecular weight is 475 g/mol. The van der Waals surface area contributed by atoms with Crippen molar-refractivity contribution in [1.82, 2.24) is 14.8 Å². The number of hydrogen-bond donors (Lipinski definition) is 1. The Morgan fingerprint density at radius 2 is 2.22 bits per heavy atom. The van der Waals surface area contributed by atoms with E-state index in [4.69, 9.17) is 9.15 Å². The second-order valence-electron chi connectivity index (χ2n) is 7.64. The first-order chi connectivity index (χ1) is 15.5. The fourth-order valence-corrected chi connectivity index (χ4v) is 6.04. The molecular weight excluding hydrogens is 448 g/mol. The summed E-state index contributed by atoms with van der Waals surface area (Å²) >= 11 is 2.79. The number of fused-ring (bicyclic) bond motifs is 1. The Morgan fingerprint density at radius 3 is 2.94 bits per heavy atom. The normalized spacial score (nSPS) is 15.4. The zero-order valence-corrected chi connectivity index (χ0v) is 20.0. The number of carbonyl (C=O) groups is 2. The standard InChI is InChI=1S/C22H26N4O4S2/c1-4-26-19(15-7-6-10-30-15)24-25-22(26)31-12-17(27)23-20-18(21(28)29-5-2)14-9-8-13(3)11-16(14)32-20/h6-7,10,13H,4-5,8-9,11-12H2,1-3H3,(H,23,27). The predicted octanol–water partition coefficient (Wildman–Crippen LogP) is 4.65. The largest absolute Gasteiger partial charge is 0.462 e. The maximum Gasteiger partial charge on any atom is 0.341 e. The van der Waals surface area contributed by atoms with Gasteiger partial charge in [-0.1, -0.05) is 18.7 Å². The van der Waals surface area contributed by atoms with Crippen molar-refractivity contribution < 1.29 is 18.7 Å². The first kappa shape index (κ1) is 22.6. The molecule has 0 spiro atoms. The molecule has 0 saturated carbocycles. The molecule has 8 nitrogen and oxygen atoms in total. The van der Waals surface area contributed by atoms with Crippen LogP contribution >= 0.6 is 23.1 Å². The van der Waals surface area contributed by atoms with Crippen LogP contribution in [-0.4, -0.2) is 39.0 Å². The highest BCUT2D eigenvalue weighted by molar-refractivity contribution is 7.99. The summed E-state index contributed by atoms with van der Waals surface area (Å²) in [5.74, 6) is 1.42. The molecule has 10 heteroatoms. The highest BCUT2D eigenvalue weighted by atomic mass is 32.2. The summed E-state index contributed by atoms with van der Waals surface area (Å²) in [6, 6.07) is 3.63. The zero-order chi connectivity index (χ0) is 22.7. The van der Waals surface area contributed by atoms with Gasteiger partial charge in [0.1, 0.15) is 5.00 Å². The number of furan rings is 1. The number of thioether (sulfide) groups is 1. The number of rotatable bonds is 8. The van der Waals surface area contributed by atoms with Gasteiger partial charge in [-0.25, -0.2) is 4.79 Å². The van der Waals surface area contributed by atoms with Gasteiger partial charge >= 0.3 is 5.97 Å². The number of hydrogen-bond acceptors (Lipinski definition) is 8. The Labute approximate surface area is 194 Å². The summed E-state index contributed by atoms with van der Waals surface area (Å²) in [6.45, 7) is 6.93. The maximum atomic E-state index is 12.8. The Kier molecular flexibility index (Phi) is 7.00. The lowest BCUT2D eigenvalue weighted by Crippen LogP contribution is -2.18. The molecule has 4 rings (SSSR count). The van der Waals surface area contributed by atoms with Gasteiger partial charge < -0.3 is 14.5 Å². The number of aromatic nitrogens is 3. The van der Waals surface area contributed by atoms with E-state index in [0.717, 1.165) is 24.8 Å². The smallest absolute Gasteiger partial charge is 0.341 e. The van der Waals surface area contributed by atoms with Crippen LogP contribution in [-0.2, 0) is 28.9 Å². The lowest BCUT2D eigenvalue weighted by atomic mass is 9.88. The van der Waals surface area contributed by atoms with E-state index >= 15 is 0 Å². The Morgan fingerprint density at radius 1 is 1.38 bits per heavy atom. The van der Waals surface area contributed by atoms with Crippen molar-refractivity contribution in [2.45, 2.75) is 51.7 Å². The van der Waals surface area contributed by atoms with Crippen LogP contribution in [0.5, 0.6) is 0 Å². The summed E-state index contributed by atoms with van der Waals surface area (Å²) in [5, 5.41) is 12.6. The molecule has 0 fully saturated rings. The van der Waals surface area contributed by atoms with E-state index in [1.165, 1.54) is 28.0 Å². The minimum Gasteiger partial charge on any atom is -0.462 e. The van der Waals surface area contributed by atoms with Crippen LogP contribution in [0.3, 0.4) is 0 Å². The molecule has 0 saturated heterocycles. The van der Waals surface area contributed by atoms with E-state index in [1.807, 2.05) is 17.6 Å². The van der Waals surface area contributed by atoms with Crippen LogP contribution in [0.4, 0.5) is 5.00 Å². The lowest BCUT2D eigenvalue weighted by Gasteiger charge is -2.18. The van der Waals surface area contributed by atoms with Crippen LogP contribution in [0.1, 0.15) is 48.0 Å². The molecule has 0 aliphatic heterocycles. The molecule has 0 bridgehead atoms. The molecule has 1 aliphatic carbocycles. The number of amides is 1. The van der Waals surface area contributed by atoms with Crippen LogP contribution in [0.15, 0.2) is 28.0 Å². The van der Waals surface area contributed by atoms with Crippen molar-refractivity contribution >= 4 is 40.0 Å². The lowest BCUT2D eigenvalue weighted by molar-refractivity contribution is -0.113. The fourth-order valence-electron chi connectivity index (χ4n) is 3.82. The molecule has 1 N–H and O–H groups in total. The predicted molar refractivity (Wildman–Crippen MR) is 124 cm³/mol.